The number of benzene rings is 3. The summed E-state index contributed by atoms with van der Waals surface area (Å²) >= 11 is 0. The Kier molecular flexibility index (Phi) is 5.55. The summed E-state index contributed by atoms with van der Waals surface area (Å²) in [4.78, 5) is 21.3. The minimum Gasteiger partial charge on any atom is -0.486 e. The fourth-order valence-electron chi connectivity index (χ4n) is 3.34. The molecule has 2 heterocycles. The molecule has 0 spiro atoms. The summed E-state index contributed by atoms with van der Waals surface area (Å²) in [6.45, 7) is 0.998. The number of carbonyl (C=O) groups is 1. The van der Waals surface area contributed by atoms with Gasteiger partial charge in [-0.3, -0.25) is 4.79 Å². The van der Waals surface area contributed by atoms with Crippen molar-refractivity contribution in [1.82, 2.24) is 9.97 Å². The number of hydrogen-bond acceptors (Lipinski definition) is 6. The monoisotopic (exact) mass is 442 g/mol. The molecule has 33 heavy (non-hydrogen) atoms. The largest absolute Gasteiger partial charge is 0.486 e. The standard InChI is InChI=1S/C25H19FN4O3/c26-18-5-1-16(2-6-18)24-27-12-11-23(30-24)28-19-7-3-17(4-8-19)25(31)29-20-9-10-21-22(15-20)33-14-13-32-21/h1-12,15H,13-14H2,(H,29,31)(H,27,28,30). The molecule has 1 aliphatic heterocycles. The van der Waals surface area contributed by atoms with E-state index in [-0.39, 0.29) is 11.7 Å². The molecule has 4 aromatic rings. The predicted octanol–water partition coefficient (Wildman–Crippen LogP) is 5.05. The first kappa shape index (κ1) is 20.4. The van der Waals surface area contributed by atoms with Crippen molar-refractivity contribution in [2.45, 2.75) is 0 Å². The van der Waals surface area contributed by atoms with Gasteiger partial charge in [0, 0.05) is 34.8 Å². The van der Waals surface area contributed by atoms with Gasteiger partial charge in [-0.2, -0.15) is 0 Å². The molecule has 7 nitrogen and oxygen atoms in total. The van der Waals surface area contributed by atoms with Crippen LogP contribution >= 0.6 is 0 Å². The van der Waals surface area contributed by atoms with Gasteiger partial charge >= 0.3 is 0 Å². The van der Waals surface area contributed by atoms with Crippen molar-refractivity contribution < 1.29 is 18.7 Å². The number of nitrogens with zero attached hydrogens (tertiary/aromatic N) is 2. The summed E-state index contributed by atoms with van der Waals surface area (Å²) in [5, 5.41) is 6.05. The SMILES string of the molecule is O=C(Nc1ccc2c(c1)OCCO2)c1ccc(Nc2ccnc(-c3ccc(F)cc3)n2)cc1. The van der Waals surface area contributed by atoms with Gasteiger partial charge < -0.3 is 20.1 Å². The van der Waals surface area contributed by atoms with Gasteiger partial charge in [-0.15, -0.1) is 0 Å². The average Bonchev–Trinajstić information content (AvgIpc) is 2.85. The van der Waals surface area contributed by atoms with E-state index in [1.54, 1.807) is 66.9 Å². The van der Waals surface area contributed by atoms with Gasteiger partial charge in [0.15, 0.2) is 17.3 Å². The molecule has 0 fully saturated rings. The molecular formula is C25H19FN4O3. The molecule has 1 amide bonds. The fraction of sp³-hybridized carbons (Fsp3) is 0.0800. The lowest BCUT2D eigenvalue weighted by Gasteiger charge is -2.19. The third kappa shape index (κ3) is 4.74. The zero-order valence-electron chi connectivity index (χ0n) is 17.4. The van der Waals surface area contributed by atoms with E-state index >= 15 is 0 Å². The molecule has 0 bridgehead atoms. The van der Waals surface area contributed by atoms with Gasteiger partial charge in [0.1, 0.15) is 24.8 Å². The third-order valence-corrected chi connectivity index (χ3v) is 4.98. The summed E-state index contributed by atoms with van der Waals surface area (Å²) < 4.78 is 24.2. The molecule has 0 saturated carbocycles. The first-order valence-electron chi connectivity index (χ1n) is 10.3. The highest BCUT2D eigenvalue weighted by Crippen LogP contribution is 2.32. The maximum atomic E-state index is 13.2. The van der Waals surface area contributed by atoms with E-state index in [4.69, 9.17) is 9.47 Å². The second kappa shape index (κ2) is 8.96. The van der Waals surface area contributed by atoms with Gasteiger partial charge in [0.25, 0.3) is 5.91 Å². The zero-order valence-corrected chi connectivity index (χ0v) is 17.4. The number of ether oxygens (including phenoxy) is 2. The van der Waals surface area contributed by atoms with Crippen LogP contribution in [0.4, 0.5) is 21.6 Å². The Balaban J connectivity index is 1.25. The number of halogens is 1. The van der Waals surface area contributed by atoms with Crippen molar-refractivity contribution in [3.05, 3.63) is 90.4 Å². The van der Waals surface area contributed by atoms with Crippen LogP contribution in [-0.4, -0.2) is 29.1 Å². The zero-order chi connectivity index (χ0) is 22.6. The number of nitrogens with one attached hydrogen (secondary N) is 2. The van der Waals surface area contributed by atoms with Crippen LogP contribution in [-0.2, 0) is 0 Å². The second-order valence-corrected chi connectivity index (χ2v) is 7.29. The molecule has 5 rings (SSSR count). The lowest BCUT2D eigenvalue weighted by atomic mass is 10.2. The number of rotatable bonds is 5. The molecule has 0 aliphatic carbocycles. The van der Waals surface area contributed by atoms with Crippen LogP contribution in [0.5, 0.6) is 11.5 Å². The van der Waals surface area contributed by atoms with E-state index in [1.165, 1.54) is 12.1 Å². The van der Waals surface area contributed by atoms with Crippen molar-refractivity contribution >= 4 is 23.1 Å². The highest BCUT2D eigenvalue weighted by atomic mass is 19.1. The van der Waals surface area contributed by atoms with Crippen LogP contribution in [0.2, 0.25) is 0 Å². The molecule has 8 heteroatoms. The van der Waals surface area contributed by atoms with Crippen LogP contribution in [0.15, 0.2) is 79.0 Å². The Morgan fingerprint density at radius 3 is 2.36 bits per heavy atom. The number of fused-ring (bicyclic) bond motifs is 1. The summed E-state index contributed by atoms with van der Waals surface area (Å²) in [6, 6.07) is 20.0. The van der Waals surface area contributed by atoms with E-state index in [0.717, 1.165) is 5.69 Å². The normalized spacial score (nSPS) is 12.2. The quantitative estimate of drug-likeness (QED) is 0.450. The molecule has 1 aromatic heterocycles. The van der Waals surface area contributed by atoms with Gasteiger partial charge in [0.05, 0.1) is 0 Å². The van der Waals surface area contributed by atoms with Gasteiger partial charge in [-0.25, -0.2) is 14.4 Å². The van der Waals surface area contributed by atoms with Crippen LogP contribution in [0.25, 0.3) is 11.4 Å². The van der Waals surface area contributed by atoms with Gasteiger partial charge in [0.2, 0.25) is 0 Å². The molecule has 3 aromatic carbocycles. The molecule has 2 N–H and O–H groups in total. The predicted molar refractivity (Wildman–Crippen MR) is 123 cm³/mol. The minimum absolute atomic E-state index is 0.237. The smallest absolute Gasteiger partial charge is 0.255 e. The highest BCUT2D eigenvalue weighted by molar-refractivity contribution is 6.04. The molecule has 0 atom stereocenters. The number of amides is 1. The molecular weight excluding hydrogens is 423 g/mol. The van der Waals surface area contributed by atoms with Crippen LogP contribution in [0.3, 0.4) is 0 Å². The molecule has 0 radical (unpaired) electrons. The maximum absolute atomic E-state index is 13.2. The van der Waals surface area contributed by atoms with Crippen molar-refractivity contribution in [1.29, 1.82) is 0 Å². The Morgan fingerprint density at radius 2 is 1.58 bits per heavy atom. The summed E-state index contributed by atoms with van der Waals surface area (Å²) in [6.07, 6.45) is 1.63. The van der Waals surface area contributed by atoms with Crippen molar-refractivity contribution in [2.75, 3.05) is 23.8 Å². The van der Waals surface area contributed by atoms with Gasteiger partial charge in [-0.05, 0) is 66.7 Å². The van der Waals surface area contributed by atoms with Gasteiger partial charge in [-0.1, -0.05) is 0 Å². The lowest BCUT2D eigenvalue weighted by molar-refractivity contribution is 0.102. The first-order chi connectivity index (χ1) is 16.1. The summed E-state index contributed by atoms with van der Waals surface area (Å²) in [7, 11) is 0. The van der Waals surface area contributed by atoms with Crippen molar-refractivity contribution in [3.8, 4) is 22.9 Å². The number of aromatic nitrogens is 2. The fourth-order valence-corrected chi connectivity index (χ4v) is 3.34. The number of anilines is 3. The average molecular weight is 442 g/mol. The second-order valence-electron chi connectivity index (χ2n) is 7.29. The Hall–Kier alpha value is -4.46. The topological polar surface area (TPSA) is 85.4 Å². The molecule has 0 unspecified atom stereocenters. The Bertz CT molecular complexity index is 1290. The summed E-state index contributed by atoms with van der Waals surface area (Å²) in [5.74, 6) is 1.80. The lowest BCUT2D eigenvalue weighted by Crippen LogP contribution is -2.16. The molecule has 0 saturated heterocycles. The van der Waals surface area contributed by atoms with Crippen LogP contribution in [0, 0.1) is 5.82 Å². The van der Waals surface area contributed by atoms with E-state index in [0.29, 0.717) is 53.2 Å². The molecule has 164 valence electrons. The summed E-state index contributed by atoms with van der Waals surface area (Å²) in [5.41, 5.74) is 2.60. The minimum atomic E-state index is -0.314. The van der Waals surface area contributed by atoms with E-state index in [1.807, 2.05) is 0 Å². The van der Waals surface area contributed by atoms with Crippen LogP contribution in [0.1, 0.15) is 10.4 Å². The Labute approximate surface area is 189 Å². The number of carbonyl (C=O) groups excluding carboxylic acids is 1. The van der Waals surface area contributed by atoms with Crippen molar-refractivity contribution in [2.24, 2.45) is 0 Å². The van der Waals surface area contributed by atoms with Crippen LogP contribution < -0.4 is 20.1 Å². The maximum Gasteiger partial charge on any atom is 0.255 e. The Morgan fingerprint density at radius 1 is 0.848 bits per heavy atom. The molecule has 1 aliphatic rings. The first-order valence-corrected chi connectivity index (χ1v) is 10.3. The highest BCUT2D eigenvalue weighted by Gasteiger charge is 2.13. The van der Waals surface area contributed by atoms with Crippen molar-refractivity contribution in [3.63, 3.8) is 0 Å². The third-order valence-electron chi connectivity index (χ3n) is 4.98. The van der Waals surface area contributed by atoms with E-state index in [9.17, 15) is 9.18 Å². The van der Waals surface area contributed by atoms with E-state index < -0.39 is 0 Å². The van der Waals surface area contributed by atoms with E-state index in [2.05, 4.69) is 20.6 Å². The number of hydrogen-bond donors (Lipinski definition) is 2.